The monoisotopic (exact) mass is 634 g/mol. The third-order valence-corrected chi connectivity index (χ3v) is 10.8. The van der Waals surface area contributed by atoms with E-state index in [0.717, 1.165) is 27.6 Å². The molecule has 0 atom stereocenters. The SMILES string of the molecule is Cc1ccc(-c2sc(-c3cc[n+](C)cc3)cc2C2=C(c3cc(-c4cc[n+](C)cc4)sc3C)C(F)(F)C(F)(F)C2(F)F)s1. The molecule has 42 heavy (non-hydrogen) atoms. The highest BCUT2D eigenvalue weighted by Crippen LogP contribution is 2.66. The van der Waals surface area contributed by atoms with E-state index in [-0.39, 0.29) is 20.9 Å². The van der Waals surface area contributed by atoms with Crippen molar-refractivity contribution in [2.24, 2.45) is 14.1 Å². The summed E-state index contributed by atoms with van der Waals surface area (Å²) >= 11 is 3.51. The van der Waals surface area contributed by atoms with E-state index in [1.807, 2.05) is 21.0 Å². The van der Waals surface area contributed by atoms with Crippen molar-refractivity contribution in [2.45, 2.75) is 31.6 Å². The second-order valence-electron chi connectivity index (χ2n) is 10.3. The smallest absolute Gasteiger partial charge is 0.208 e. The molecule has 1 aliphatic carbocycles. The van der Waals surface area contributed by atoms with E-state index in [1.54, 1.807) is 70.3 Å². The molecular formula is C31H24F6N2S3+2. The Kier molecular flexibility index (Phi) is 6.79. The molecule has 1 aliphatic rings. The Labute approximate surface area is 250 Å². The number of hydrogen-bond donors (Lipinski definition) is 0. The number of pyridine rings is 2. The summed E-state index contributed by atoms with van der Waals surface area (Å²) in [6.07, 6.45) is 7.04. The zero-order chi connectivity index (χ0) is 30.2. The van der Waals surface area contributed by atoms with Gasteiger partial charge in [0.25, 0.3) is 0 Å². The van der Waals surface area contributed by atoms with E-state index in [0.29, 0.717) is 25.8 Å². The second kappa shape index (κ2) is 9.89. The van der Waals surface area contributed by atoms with Crippen LogP contribution in [-0.2, 0) is 14.1 Å². The molecule has 5 aromatic rings. The normalized spacial score (nSPS) is 17.3. The maximum atomic E-state index is 15.9. The van der Waals surface area contributed by atoms with Gasteiger partial charge in [-0.2, -0.15) is 26.3 Å². The van der Waals surface area contributed by atoms with Gasteiger partial charge in [-0.1, -0.05) is 0 Å². The lowest BCUT2D eigenvalue weighted by Crippen LogP contribution is -2.48. The molecule has 2 nitrogen and oxygen atoms in total. The van der Waals surface area contributed by atoms with Crippen molar-refractivity contribution in [1.29, 1.82) is 0 Å². The molecule has 0 N–H and O–H groups in total. The minimum Gasteiger partial charge on any atom is -0.208 e. The van der Waals surface area contributed by atoms with E-state index < -0.39 is 28.9 Å². The molecule has 0 amide bonds. The Bertz CT molecular complexity index is 1840. The number of rotatable bonds is 5. The molecule has 0 aromatic carbocycles. The zero-order valence-electron chi connectivity index (χ0n) is 22.8. The van der Waals surface area contributed by atoms with Crippen molar-refractivity contribution in [3.05, 3.63) is 94.2 Å². The fraction of sp³-hybridized carbons (Fsp3) is 0.226. The van der Waals surface area contributed by atoms with Gasteiger partial charge in [-0.15, -0.1) is 34.0 Å². The quantitative estimate of drug-likeness (QED) is 0.135. The van der Waals surface area contributed by atoms with Crippen LogP contribution in [0.2, 0.25) is 0 Å². The highest BCUT2D eigenvalue weighted by Gasteiger charge is 2.80. The second-order valence-corrected chi connectivity index (χ2v) is 13.9. The number of nitrogens with zero attached hydrogens (tertiary/aromatic N) is 2. The predicted molar refractivity (Wildman–Crippen MR) is 156 cm³/mol. The van der Waals surface area contributed by atoms with Crippen molar-refractivity contribution in [3.8, 4) is 30.6 Å². The van der Waals surface area contributed by atoms with Crippen LogP contribution in [0.4, 0.5) is 26.3 Å². The predicted octanol–water partition coefficient (Wildman–Crippen LogP) is 8.97. The summed E-state index contributed by atoms with van der Waals surface area (Å²) in [5.74, 6) is -15.9. The Morgan fingerprint density at radius 2 is 1.05 bits per heavy atom. The average Bonchev–Trinajstić information content (AvgIpc) is 3.67. The molecule has 0 unspecified atom stereocenters. The van der Waals surface area contributed by atoms with E-state index >= 15 is 26.3 Å². The van der Waals surface area contributed by atoms with Crippen molar-refractivity contribution < 1.29 is 35.5 Å². The van der Waals surface area contributed by atoms with E-state index in [4.69, 9.17) is 0 Å². The Morgan fingerprint density at radius 1 is 0.571 bits per heavy atom. The molecule has 0 fully saturated rings. The lowest BCUT2D eigenvalue weighted by Gasteiger charge is -2.25. The van der Waals surface area contributed by atoms with Gasteiger partial charge in [0, 0.05) is 76.5 Å². The summed E-state index contributed by atoms with van der Waals surface area (Å²) in [5.41, 5.74) is -1.92. The first-order valence-corrected chi connectivity index (χ1v) is 15.3. The zero-order valence-corrected chi connectivity index (χ0v) is 25.3. The fourth-order valence-electron chi connectivity index (χ4n) is 5.09. The maximum Gasteiger partial charge on any atom is 0.380 e. The number of alkyl halides is 6. The van der Waals surface area contributed by atoms with Crippen LogP contribution in [0.1, 0.15) is 20.9 Å². The molecule has 216 valence electrons. The van der Waals surface area contributed by atoms with Crippen molar-refractivity contribution in [1.82, 2.24) is 0 Å². The lowest BCUT2D eigenvalue weighted by atomic mass is 9.94. The van der Waals surface area contributed by atoms with Gasteiger partial charge in [0.1, 0.15) is 14.1 Å². The van der Waals surface area contributed by atoms with Crippen LogP contribution >= 0.6 is 34.0 Å². The van der Waals surface area contributed by atoms with Gasteiger partial charge in [-0.25, -0.2) is 9.13 Å². The largest absolute Gasteiger partial charge is 0.380 e. The van der Waals surface area contributed by atoms with Gasteiger partial charge < -0.3 is 0 Å². The Morgan fingerprint density at radius 3 is 1.55 bits per heavy atom. The Balaban J connectivity index is 1.66. The number of halogens is 6. The summed E-state index contributed by atoms with van der Waals surface area (Å²) in [6, 6.07) is 13.2. The van der Waals surface area contributed by atoms with Gasteiger partial charge >= 0.3 is 17.8 Å². The third-order valence-electron chi connectivity index (χ3n) is 7.35. The standard InChI is InChI=1S/C31H24F6N2S3/c1-17-5-6-23(40-17)28-22(16-25(42-28)20-9-13-39(4)14-10-20)27-26(29(32,33)31(36,37)30(27,34)35)21-15-24(41-18(21)2)19-7-11-38(3)12-8-19/h5-16H,1-4H3/q+2. The molecule has 0 spiro atoms. The summed E-state index contributed by atoms with van der Waals surface area (Å²) in [4.78, 5) is 2.94. The third kappa shape index (κ3) is 4.36. The topological polar surface area (TPSA) is 7.76 Å². The fourth-order valence-corrected chi connectivity index (χ4v) is 8.29. The summed E-state index contributed by atoms with van der Waals surface area (Å²) in [5, 5.41) is 0. The van der Waals surface area contributed by atoms with Crippen LogP contribution < -0.4 is 9.13 Å². The van der Waals surface area contributed by atoms with Crippen molar-refractivity contribution >= 4 is 45.2 Å². The number of allylic oxidation sites excluding steroid dienone is 2. The number of thiophene rings is 3. The highest BCUT2D eigenvalue weighted by atomic mass is 32.1. The molecule has 11 heteroatoms. The first-order chi connectivity index (χ1) is 19.7. The first-order valence-electron chi connectivity index (χ1n) is 12.8. The molecule has 0 aliphatic heterocycles. The van der Waals surface area contributed by atoms with Gasteiger partial charge in [0.2, 0.25) is 0 Å². The lowest BCUT2D eigenvalue weighted by molar-refractivity contribution is -0.671. The summed E-state index contributed by atoms with van der Waals surface area (Å²) < 4.78 is 97.4. The maximum absolute atomic E-state index is 15.9. The number of aryl methyl sites for hydroxylation is 4. The summed E-state index contributed by atoms with van der Waals surface area (Å²) in [7, 11) is 3.63. The van der Waals surface area contributed by atoms with Crippen molar-refractivity contribution in [3.63, 3.8) is 0 Å². The van der Waals surface area contributed by atoms with E-state index in [9.17, 15) is 0 Å². The first kappa shape index (κ1) is 28.8. The molecule has 0 saturated carbocycles. The van der Waals surface area contributed by atoms with Crippen LogP contribution in [0.15, 0.2) is 73.3 Å². The minimum atomic E-state index is -5.63. The van der Waals surface area contributed by atoms with Crippen LogP contribution in [0.5, 0.6) is 0 Å². The molecular weight excluding hydrogens is 611 g/mol. The van der Waals surface area contributed by atoms with Gasteiger partial charge in [0.05, 0.1) is 4.88 Å². The number of aromatic nitrogens is 2. The average molecular weight is 635 g/mol. The molecule has 0 saturated heterocycles. The molecule has 5 heterocycles. The summed E-state index contributed by atoms with van der Waals surface area (Å²) in [6.45, 7) is 3.32. The van der Waals surface area contributed by atoms with Crippen LogP contribution in [-0.4, -0.2) is 17.8 Å². The van der Waals surface area contributed by atoms with Gasteiger partial charge in [-0.3, -0.25) is 0 Å². The van der Waals surface area contributed by atoms with Crippen molar-refractivity contribution in [2.75, 3.05) is 0 Å². The van der Waals surface area contributed by atoms with Crippen LogP contribution in [0.25, 0.3) is 41.8 Å². The number of hydrogen-bond acceptors (Lipinski definition) is 3. The molecule has 5 aromatic heterocycles. The highest BCUT2D eigenvalue weighted by molar-refractivity contribution is 7.24. The van der Waals surface area contributed by atoms with E-state index in [2.05, 4.69) is 0 Å². The van der Waals surface area contributed by atoms with E-state index in [1.165, 1.54) is 30.4 Å². The van der Waals surface area contributed by atoms with Gasteiger partial charge in [0.15, 0.2) is 24.8 Å². The molecule has 0 radical (unpaired) electrons. The molecule has 0 bridgehead atoms. The van der Waals surface area contributed by atoms with Crippen LogP contribution in [0, 0.1) is 13.8 Å². The Hall–Kier alpha value is -3.28. The minimum absolute atomic E-state index is 0.249. The van der Waals surface area contributed by atoms with Gasteiger partial charge in [-0.05, 0) is 43.7 Å². The van der Waals surface area contributed by atoms with Crippen LogP contribution in [0.3, 0.4) is 0 Å². The molecule has 6 rings (SSSR count).